The lowest BCUT2D eigenvalue weighted by Gasteiger charge is -2.40. The Hall–Kier alpha value is -3.58. The highest BCUT2D eigenvalue weighted by Crippen LogP contribution is 2.27. The van der Waals surface area contributed by atoms with Crippen LogP contribution in [0.25, 0.3) is 0 Å². The summed E-state index contributed by atoms with van der Waals surface area (Å²) in [5.41, 5.74) is 0. The maximum atomic E-state index is 13.2. The van der Waals surface area contributed by atoms with Crippen LogP contribution in [0.2, 0.25) is 0 Å². The van der Waals surface area contributed by atoms with Crippen molar-refractivity contribution < 1.29 is 58.2 Å². The molecule has 0 aromatic heterocycles. The average molecular weight is 1140 g/mol. The molecule has 0 aromatic rings. The Kier molecular flexibility index (Phi) is 53.0. The van der Waals surface area contributed by atoms with Gasteiger partial charge in [0.15, 0.2) is 24.6 Å². The molecule has 0 saturated carbocycles. The Bertz CT molecular complexity index is 1640. The van der Waals surface area contributed by atoms with Gasteiger partial charge in [-0.1, -0.05) is 255 Å². The molecular formula is C69H120O12. The Morgan fingerprint density at radius 2 is 0.741 bits per heavy atom. The average Bonchev–Trinajstić information content (AvgIpc) is 3.45. The lowest BCUT2D eigenvalue weighted by molar-refractivity contribution is -0.301. The number of rotatable bonds is 57. The number of aliphatic hydroxyl groups is 2. The van der Waals surface area contributed by atoms with E-state index in [0.717, 1.165) is 109 Å². The van der Waals surface area contributed by atoms with Crippen LogP contribution in [0.4, 0.5) is 0 Å². The molecule has 6 atom stereocenters. The summed E-state index contributed by atoms with van der Waals surface area (Å²) < 4.78 is 28.5. The summed E-state index contributed by atoms with van der Waals surface area (Å²) in [6.07, 6.45) is 58.8. The fraction of sp³-hybridized carbons (Fsp3) is 0.797. The van der Waals surface area contributed by atoms with Crippen LogP contribution < -0.4 is 0 Å². The number of allylic oxidation sites excluding steroid dienone is 10. The molecular weight excluding hydrogens is 1020 g/mol. The van der Waals surface area contributed by atoms with Crippen LogP contribution in [0.3, 0.4) is 0 Å². The molecule has 1 aliphatic rings. The van der Waals surface area contributed by atoms with E-state index in [1.54, 1.807) is 0 Å². The van der Waals surface area contributed by atoms with Crippen molar-refractivity contribution in [3.8, 4) is 0 Å². The first-order valence-electron chi connectivity index (χ1n) is 33.3. The van der Waals surface area contributed by atoms with Gasteiger partial charge in [0.25, 0.3) is 0 Å². The van der Waals surface area contributed by atoms with Crippen LogP contribution in [-0.4, -0.2) is 89.2 Å². The van der Waals surface area contributed by atoms with Crippen molar-refractivity contribution in [1.82, 2.24) is 0 Å². The maximum absolute atomic E-state index is 13.2. The fourth-order valence-corrected chi connectivity index (χ4v) is 9.94. The minimum atomic E-state index is -1.91. The minimum absolute atomic E-state index is 0.0553. The lowest BCUT2D eigenvalue weighted by atomic mass is 9.98. The second-order valence-corrected chi connectivity index (χ2v) is 22.8. The van der Waals surface area contributed by atoms with Gasteiger partial charge in [-0.3, -0.25) is 14.4 Å². The highest BCUT2D eigenvalue weighted by molar-refractivity contribution is 5.74. The van der Waals surface area contributed by atoms with E-state index < -0.39 is 67.3 Å². The van der Waals surface area contributed by atoms with Crippen LogP contribution >= 0.6 is 0 Å². The number of esters is 3. The van der Waals surface area contributed by atoms with E-state index in [4.69, 9.17) is 23.7 Å². The predicted octanol–water partition coefficient (Wildman–Crippen LogP) is 17.9. The molecule has 0 amide bonds. The van der Waals surface area contributed by atoms with E-state index in [9.17, 15) is 34.5 Å². The fourth-order valence-electron chi connectivity index (χ4n) is 9.94. The molecule has 1 fully saturated rings. The van der Waals surface area contributed by atoms with Crippen LogP contribution in [0, 0.1) is 0 Å². The van der Waals surface area contributed by atoms with Gasteiger partial charge in [-0.25, -0.2) is 4.79 Å². The molecule has 0 aliphatic carbocycles. The molecule has 0 bridgehead atoms. The molecule has 6 unspecified atom stereocenters. The molecule has 468 valence electrons. The van der Waals surface area contributed by atoms with Crippen molar-refractivity contribution in [2.24, 2.45) is 0 Å². The van der Waals surface area contributed by atoms with Crippen LogP contribution in [-0.2, 0) is 42.9 Å². The molecule has 12 nitrogen and oxygen atoms in total. The first-order valence-corrected chi connectivity index (χ1v) is 33.3. The Balaban J connectivity index is 2.63. The van der Waals surface area contributed by atoms with Gasteiger partial charge in [-0.2, -0.15) is 0 Å². The number of hydrogen-bond donors (Lipinski definition) is 3. The molecule has 0 aromatic carbocycles. The summed E-state index contributed by atoms with van der Waals surface area (Å²) in [6, 6.07) is 0. The number of carbonyl (C=O) groups excluding carboxylic acids is 3. The zero-order chi connectivity index (χ0) is 58.9. The highest BCUT2D eigenvalue weighted by atomic mass is 16.7. The van der Waals surface area contributed by atoms with Crippen molar-refractivity contribution in [3.05, 3.63) is 60.8 Å². The molecule has 3 N–H and O–H groups in total. The first kappa shape index (κ1) is 75.4. The molecule has 12 heteroatoms. The topological polar surface area (TPSA) is 175 Å². The lowest BCUT2D eigenvalue weighted by Crippen LogP contribution is -2.61. The van der Waals surface area contributed by atoms with Crippen molar-refractivity contribution in [1.29, 1.82) is 0 Å². The van der Waals surface area contributed by atoms with E-state index >= 15 is 0 Å². The summed E-state index contributed by atoms with van der Waals surface area (Å²) in [4.78, 5) is 51.3. The quantitative estimate of drug-likeness (QED) is 0.0228. The second kappa shape index (κ2) is 56.9. The first-order chi connectivity index (χ1) is 39.6. The SMILES string of the molecule is CCCCC/C=C\C/C=C\C/C=C\CCCCCCCCC(=O)OCC(COC1OC(C(=O)O)C(O)C(O)C1OC(=O)CCCCCCCCCCC/C=C\C/C=C\CCCCC)OC(=O)CCCCCCCCCCCCCCC. The van der Waals surface area contributed by atoms with E-state index in [0.29, 0.717) is 19.3 Å². The van der Waals surface area contributed by atoms with Gasteiger partial charge in [0.2, 0.25) is 0 Å². The van der Waals surface area contributed by atoms with Crippen LogP contribution in [0.5, 0.6) is 0 Å². The Labute approximate surface area is 494 Å². The maximum Gasteiger partial charge on any atom is 0.335 e. The van der Waals surface area contributed by atoms with Gasteiger partial charge in [0.1, 0.15) is 18.8 Å². The number of carboxylic acid groups (broad SMARTS) is 1. The summed E-state index contributed by atoms with van der Waals surface area (Å²) in [7, 11) is 0. The smallest absolute Gasteiger partial charge is 0.335 e. The third-order valence-corrected chi connectivity index (χ3v) is 15.1. The molecule has 1 aliphatic heterocycles. The van der Waals surface area contributed by atoms with Gasteiger partial charge in [0.05, 0.1) is 6.61 Å². The molecule has 1 rings (SSSR count). The van der Waals surface area contributed by atoms with Gasteiger partial charge >= 0.3 is 23.9 Å². The molecule has 0 spiro atoms. The van der Waals surface area contributed by atoms with Crippen molar-refractivity contribution in [3.63, 3.8) is 0 Å². The van der Waals surface area contributed by atoms with Gasteiger partial charge in [0, 0.05) is 19.3 Å². The standard InChI is InChI=1S/C69H120O12/c1-4-7-10-13-16-19-22-25-27-29-31-33-35-38-40-43-46-49-52-55-61(70)77-58-60(79-62(71)56-53-50-47-44-41-37-24-21-18-15-12-9-6-3)59-78-69-67(65(74)64(73)66(81-69)68(75)76)80-63(72)57-54-51-48-45-42-39-36-34-32-30-28-26-23-20-17-14-11-8-5-2/h16-17,19-20,25-28,31,33,60,64-67,69,73-74H,4-15,18,21-24,29-30,32,34-59H2,1-3H3,(H,75,76)/b19-16-,20-17-,27-25-,28-26-,33-31-. The number of carbonyl (C=O) groups is 4. The summed E-state index contributed by atoms with van der Waals surface area (Å²) >= 11 is 0. The summed E-state index contributed by atoms with van der Waals surface area (Å²) in [5.74, 6) is -3.12. The highest BCUT2D eigenvalue weighted by Gasteiger charge is 2.50. The zero-order valence-electron chi connectivity index (χ0n) is 51.8. The Morgan fingerprint density at radius 1 is 0.407 bits per heavy atom. The molecule has 0 radical (unpaired) electrons. The van der Waals surface area contributed by atoms with E-state index in [1.165, 1.54) is 135 Å². The van der Waals surface area contributed by atoms with Crippen LogP contribution in [0.15, 0.2) is 60.8 Å². The normalized spacial score (nSPS) is 18.1. The monoisotopic (exact) mass is 1140 g/mol. The summed E-state index contributed by atoms with van der Waals surface area (Å²) in [5, 5.41) is 31.6. The number of hydrogen-bond acceptors (Lipinski definition) is 11. The van der Waals surface area contributed by atoms with Gasteiger partial charge < -0.3 is 39.0 Å². The predicted molar refractivity (Wildman–Crippen MR) is 331 cm³/mol. The van der Waals surface area contributed by atoms with E-state index in [-0.39, 0.29) is 25.9 Å². The molecule has 81 heavy (non-hydrogen) atoms. The van der Waals surface area contributed by atoms with Crippen molar-refractivity contribution in [2.45, 2.75) is 340 Å². The van der Waals surface area contributed by atoms with Gasteiger partial charge in [-0.15, -0.1) is 0 Å². The van der Waals surface area contributed by atoms with E-state index in [1.807, 2.05) is 0 Å². The van der Waals surface area contributed by atoms with Gasteiger partial charge in [-0.05, 0) is 89.9 Å². The Morgan fingerprint density at radius 3 is 1.15 bits per heavy atom. The summed E-state index contributed by atoms with van der Waals surface area (Å²) in [6.45, 7) is 5.97. The number of carboxylic acids is 1. The van der Waals surface area contributed by atoms with Crippen molar-refractivity contribution >= 4 is 23.9 Å². The molecule has 1 saturated heterocycles. The number of aliphatic carboxylic acids is 1. The van der Waals surface area contributed by atoms with Crippen molar-refractivity contribution in [2.75, 3.05) is 13.2 Å². The third kappa shape index (κ3) is 46.5. The number of ether oxygens (including phenoxy) is 5. The third-order valence-electron chi connectivity index (χ3n) is 15.1. The van der Waals surface area contributed by atoms with E-state index in [2.05, 4.69) is 81.5 Å². The van der Waals surface area contributed by atoms with Crippen LogP contribution in [0.1, 0.15) is 303 Å². The minimum Gasteiger partial charge on any atom is -0.479 e. The second-order valence-electron chi connectivity index (χ2n) is 22.8. The number of aliphatic hydroxyl groups excluding tert-OH is 2. The molecule has 1 heterocycles. The number of unbranched alkanes of at least 4 members (excludes halogenated alkanes) is 33. The largest absolute Gasteiger partial charge is 0.479 e. The zero-order valence-corrected chi connectivity index (χ0v) is 51.8.